The van der Waals surface area contributed by atoms with Gasteiger partial charge in [-0.3, -0.25) is 13.9 Å². The fraction of sp³-hybridized carbons (Fsp3) is 0.375. The van der Waals surface area contributed by atoms with E-state index in [1.54, 1.807) is 36.4 Å². The molecule has 1 aliphatic rings. The first-order valence-electron chi connectivity index (χ1n) is 14.1. The number of carbonyl (C=O) groups is 2. The highest BCUT2D eigenvalue weighted by molar-refractivity contribution is 7.92. The van der Waals surface area contributed by atoms with Gasteiger partial charge in [-0.15, -0.1) is 0 Å². The maximum Gasteiger partial charge on any atom is 0.264 e. The summed E-state index contributed by atoms with van der Waals surface area (Å²) in [5.41, 5.74) is 2.97. The Bertz CT molecular complexity index is 1470. The van der Waals surface area contributed by atoms with Crippen LogP contribution in [0.2, 0.25) is 5.02 Å². The first-order chi connectivity index (χ1) is 19.6. The minimum Gasteiger partial charge on any atom is -0.352 e. The number of nitrogens with zero attached hydrogens (tertiary/aromatic N) is 2. The molecule has 0 aromatic heterocycles. The second-order valence-electron chi connectivity index (χ2n) is 10.6. The molecule has 7 nitrogen and oxygen atoms in total. The molecule has 1 fully saturated rings. The summed E-state index contributed by atoms with van der Waals surface area (Å²) >= 11 is 6.49. The molecular formula is C32H38ClN3O4S. The van der Waals surface area contributed by atoms with E-state index in [0.29, 0.717) is 6.42 Å². The van der Waals surface area contributed by atoms with E-state index in [1.165, 1.54) is 17.0 Å². The van der Waals surface area contributed by atoms with Gasteiger partial charge < -0.3 is 10.2 Å². The van der Waals surface area contributed by atoms with Gasteiger partial charge in [0, 0.05) is 12.6 Å². The van der Waals surface area contributed by atoms with Gasteiger partial charge in [-0.05, 0) is 68.5 Å². The van der Waals surface area contributed by atoms with Crippen LogP contribution in [0.15, 0.2) is 77.7 Å². The number of aryl methyl sites for hydroxylation is 2. The van der Waals surface area contributed by atoms with Crippen molar-refractivity contribution in [3.05, 3.63) is 94.5 Å². The summed E-state index contributed by atoms with van der Waals surface area (Å²) < 4.78 is 29.0. The van der Waals surface area contributed by atoms with Crippen molar-refractivity contribution in [3.63, 3.8) is 0 Å². The monoisotopic (exact) mass is 595 g/mol. The molecule has 1 aliphatic carbocycles. The maximum absolute atomic E-state index is 14.2. The van der Waals surface area contributed by atoms with E-state index in [2.05, 4.69) is 5.32 Å². The van der Waals surface area contributed by atoms with Crippen LogP contribution in [0.25, 0.3) is 0 Å². The lowest BCUT2D eigenvalue weighted by Crippen LogP contribution is -2.53. The minimum atomic E-state index is -4.17. The number of benzene rings is 3. The minimum absolute atomic E-state index is 0.0484. The molecule has 0 bridgehead atoms. The Balaban J connectivity index is 1.73. The molecule has 4 rings (SSSR count). The van der Waals surface area contributed by atoms with Crippen LogP contribution < -0.4 is 9.62 Å². The van der Waals surface area contributed by atoms with E-state index in [-0.39, 0.29) is 34.1 Å². The van der Waals surface area contributed by atoms with Crippen molar-refractivity contribution >= 4 is 39.1 Å². The highest BCUT2D eigenvalue weighted by atomic mass is 35.5. The van der Waals surface area contributed by atoms with Gasteiger partial charge in [0.05, 0.1) is 15.6 Å². The van der Waals surface area contributed by atoms with Gasteiger partial charge in [0.1, 0.15) is 12.6 Å². The molecular weight excluding hydrogens is 558 g/mol. The van der Waals surface area contributed by atoms with Crippen LogP contribution in [0.4, 0.5) is 5.69 Å². The lowest BCUT2D eigenvalue weighted by Gasteiger charge is -2.34. The summed E-state index contributed by atoms with van der Waals surface area (Å²) in [4.78, 5) is 29.3. The van der Waals surface area contributed by atoms with Gasteiger partial charge in [-0.25, -0.2) is 8.42 Å². The van der Waals surface area contributed by atoms with Crippen molar-refractivity contribution in [1.82, 2.24) is 10.2 Å². The molecule has 0 radical (unpaired) electrons. The van der Waals surface area contributed by atoms with E-state index in [4.69, 9.17) is 11.6 Å². The third-order valence-corrected chi connectivity index (χ3v) is 9.79. The molecule has 1 saturated carbocycles. The van der Waals surface area contributed by atoms with Gasteiger partial charge in [0.15, 0.2) is 0 Å². The number of hydrogen-bond donors (Lipinski definition) is 1. The summed E-state index contributed by atoms with van der Waals surface area (Å²) in [6, 6.07) is 20.0. The van der Waals surface area contributed by atoms with Gasteiger partial charge in [-0.2, -0.15) is 0 Å². The molecule has 3 aromatic carbocycles. The molecule has 41 heavy (non-hydrogen) atoms. The number of amides is 2. The standard InChI is InChI=1S/C32H38ClN3O4S/c1-4-29(32(38)34-26-13-7-8-14-26)35(21-25-12-6-5-11-24(25)3)31(37)22-36(30-16-10-9-15-28(30)33)41(39,40)27-19-17-23(2)18-20-27/h5-6,9-12,15-20,26,29H,4,7-8,13-14,21-22H2,1-3H3,(H,34,38). The lowest BCUT2D eigenvalue weighted by atomic mass is 10.1. The van der Waals surface area contributed by atoms with Gasteiger partial charge in [-0.1, -0.05) is 85.5 Å². The van der Waals surface area contributed by atoms with Crippen LogP contribution >= 0.6 is 11.6 Å². The van der Waals surface area contributed by atoms with Gasteiger partial charge in [0.25, 0.3) is 10.0 Å². The number of halogens is 1. The predicted octanol–water partition coefficient (Wildman–Crippen LogP) is 6.02. The Labute approximate surface area is 248 Å². The zero-order chi connectivity index (χ0) is 29.6. The van der Waals surface area contributed by atoms with Crippen LogP contribution in [0, 0.1) is 13.8 Å². The molecule has 0 heterocycles. The number of sulfonamides is 1. The summed E-state index contributed by atoms with van der Waals surface area (Å²) in [6.45, 7) is 5.35. The summed E-state index contributed by atoms with van der Waals surface area (Å²) in [5, 5.41) is 3.34. The van der Waals surface area contributed by atoms with Crippen molar-refractivity contribution in [2.24, 2.45) is 0 Å². The molecule has 1 unspecified atom stereocenters. The smallest absolute Gasteiger partial charge is 0.264 e. The molecule has 3 aromatic rings. The van der Waals surface area contributed by atoms with E-state index >= 15 is 0 Å². The fourth-order valence-corrected chi connectivity index (χ4v) is 6.98. The van der Waals surface area contributed by atoms with Crippen molar-refractivity contribution in [1.29, 1.82) is 0 Å². The quantitative estimate of drug-likeness (QED) is 0.294. The Morgan fingerprint density at radius 1 is 0.951 bits per heavy atom. The predicted molar refractivity (Wildman–Crippen MR) is 163 cm³/mol. The van der Waals surface area contributed by atoms with Crippen molar-refractivity contribution < 1.29 is 18.0 Å². The van der Waals surface area contributed by atoms with E-state index in [9.17, 15) is 18.0 Å². The van der Waals surface area contributed by atoms with E-state index in [1.807, 2.05) is 45.0 Å². The van der Waals surface area contributed by atoms with Gasteiger partial charge in [0.2, 0.25) is 11.8 Å². The third-order valence-electron chi connectivity index (χ3n) is 7.70. The van der Waals surface area contributed by atoms with Crippen molar-refractivity contribution in [3.8, 4) is 0 Å². The molecule has 2 amide bonds. The fourth-order valence-electron chi connectivity index (χ4n) is 5.26. The van der Waals surface area contributed by atoms with Crippen LogP contribution in [-0.2, 0) is 26.2 Å². The second-order valence-corrected chi connectivity index (χ2v) is 12.9. The number of rotatable bonds is 11. The van der Waals surface area contributed by atoms with Crippen molar-refractivity contribution in [2.45, 2.75) is 76.4 Å². The van der Waals surface area contributed by atoms with Crippen molar-refractivity contribution in [2.75, 3.05) is 10.8 Å². The first-order valence-corrected chi connectivity index (χ1v) is 15.9. The van der Waals surface area contributed by atoms with Crippen LogP contribution in [-0.4, -0.2) is 43.8 Å². The van der Waals surface area contributed by atoms with E-state index in [0.717, 1.165) is 46.7 Å². The summed E-state index contributed by atoms with van der Waals surface area (Å²) in [6.07, 6.45) is 4.35. The molecule has 9 heteroatoms. The second kappa shape index (κ2) is 13.5. The first kappa shape index (κ1) is 30.6. The number of para-hydroxylation sites is 1. The SMILES string of the molecule is CCC(C(=O)NC1CCCC1)N(Cc1ccccc1C)C(=O)CN(c1ccccc1Cl)S(=O)(=O)c1ccc(C)cc1. The van der Waals surface area contributed by atoms with Crippen LogP contribution in [0.5, 0.6) is 0 Å². The Hall–Kier alpha value is -3.36. The Morgan fingerprint density at radius 2 is 1.59 bits per heavy atom. The van der Waals surface area contributed by atoms with Crippen LogP contribution in [0.1, 0.15) is 55.7 Å². The summed E-state index contributed by atoms with van der Waals surface area (Å²) in [5.74, 6) is -0.704. The maximum atomic E-state index is 14.2. The Kier molecular flexibility index (Phi) is 10.1. The van der Waals surface area contributed by atoms with Gasteiger partial charge >= 0.3 is 0 Å². The zero-order valence-corrected chi connectivity index (χ0v) is 25.4. The van der Waals surface area contributed by atoms with Crippen LogP contribution in [0.3, 0.4) is 0 Å². The van der Waals surface area contributed by atoms with E-state index < -0.39 is 28.5 Å². The lowest BCUT2D eigenvalue weighted by molar-refractivity contribution is -0.140. The largest absolute Gasteiger partial charge is 0.352 e. The Morgan fingerprint density at radius 3 is 2.22 bits per heavy atom. The highest BCUT2D eigenvalue weighted by Crippen LogP contribution is 2.31. The molecule has 0 spiro atoms. The number of anilines is 1. The average Bonchev–Trinajstić information content (AvgIpc) is 3.46. The normalized spacial score (nSPS) is 14.4. The molecule has 218 valence electrons. The zero-order valence-electron chi connectivity index (χ0n) is 23.8. The number of carbonyl (C=O) groups excluding carboxylic acids is 2. The number of nitrogens with one attached hydrogen (secondary N) is 1. The molecule has 0 saturated heterocycles. The molecule has 0 aliphatic heterocycles. The highest BCUT2D eigenvalue weighted by Gasteiger charge is 2.35. The number of hydrogen-bond acceptors (Lipinski definition) is 4. The molecule has 1 N–H and O–H groups in total. The average molecular weight is 596 g/mol. The summed E-state index contributed by atoms with van der Waals surface area (Å²) in [7, 11) is -4.17. The third kappa shape index (κ3) is 7.29. The topological polar surface area (TPSA) is 86.8 Å². The molecule has 1 atom stereocenters.